The van der Waals surface area contributed by atoms with Crippen LogP contribution < -0.4 is 4.74 Å². The maximum absolute atomic E-state index is 11.0. The first-order valence-electron chi connectivity index (χ1n) is 5.37. The topological polar surface area (TPSA) is 69.4 Å². The van der Waals surface area contributed by atoms with Crippen LogP contribution >= 0.6 is 27.5 Å². The van der Waals surface area contributed by atoms with Gasteiger partial charge >= 0.3 is 0 Å². The predicted molar refractivity (Wildman–Crippen MR) is 77.7 cm³/mol. The maximum Gasteiger partial charge on any atom is 0.274 e. The number of carbonyl (C=O) groups excluding carboxylic acids is 1. The van der Waals surface area contributed by atoms with Crippen molar-refractivity contribution in [2.75, 3.05) is 0 Å². The molecule has 0 unspecified atom stereocenters. The molecule has 0 saturated heterocycles. The van der Waals surface area contributed by atoms with E-state index in [1.165, 1.54) is 24.3 Å². The van der Waals surface area contributed by atoms with Crippen molar-refractivity contribution in [1.82, 2.24) is 0 Å². The molecule has 5 nitrogen and oxygen atoms in total. The number of carbonyl (C=O) groups is 1. The minimum absolute atomic E-state index is 0.115. The van der Waals surface area contributed by atoms with E-state index in [1.807, 2.05) is 0 Å². The summed E-state index contributed by atoms with van der Waals surface area (Å²) in [6.45, 7) is 0. The van der Waals surface area contributed by atoms with Crippen LogP contribution in [0.25, 0.3) is 0 Å². The second kappa shape index (κ2) is 6.02. The fourth-order valence-electron chi connectivity index (χ4n) is 1.54. The van der Waals surface area contributed by atoms with Crippen molar-refractivity contribution in [2.45, 2.75) is 0 Å². The summed E-state index contributed by atoms with van der Waals surface area (Å²) in [5.41, 5.74) is 0.149. The molecule has 0 spiro atoms. The normalized spacial score (nSPS) is 10.1. The number of hydrogen-bond acceptors (Lipinski definition) is 4. The summed E-state index contributed by atoms with van der Waals surface area (Å²) in [5, 5.41) is 11.2. The van der Waals surface area contributed by atoms with E-state index in [9.17, 15) is 14.9 Å². The molecule has 0 bridgehead atoms. The fraction of sp³-hybridized carbons (Fsp3) is 0. The molecule has 102 valence electrons. The molecule has 0 saturated carbocycles. The number of rotatable bonds is 4. The van der Waals surface area contributed by atoms with E-state index in [0.717, 1.165) is 0 Å². The second-order valence-corrected chi connectivity index (χ2v) is 5.16. The lowest BCUT2D eigenvalue weighted by Crippen LogP contribution is -1.93. The monoisotopic (exact) mass is 355 g/mol. The van der Waals surface area contributed by atoms with E-state index < -0.39 is 4.92 Å². The van der Waals surface area contributed by atoms with Gasteiger partial charge in [-0.25, -0.2) is 0 Å². The van der Waals surface area contributed by atoms with Crippen LogP contribution in [0.3, 0.4) is 0 Å². The summed E-state index contributed by atoms with van der Waals surface area (Å²) in [4.78, 5) is 21.2. The smallest absolute Gasteiger partial charge is 0.274 e. The number of non-ortho nitro benzene ring substituents is 1. The van der Waals surface area contributed by atoms with Crippen molar-refractivity contribution in [3.8, 4) is 11.5 Å². The van der Waals surface area contributed by atoms with Gasteiger partial charge in [0.25, 0.3) is 5.69 Å². The van der Waals surface area contributed by atoms with Gasteiger partial charge < -0.3 is 4.74 Å². The molecule has 0 aliphatic carbocycles. The Balaban J connectivity index is 2.39. The van der Waals surface area contributed by atoms with Crippen LogP contribution in [0.2, 0.25) is 5.02 Å². The van der Waals surface area contributed by atoms with Crippen molar-refractivity contribution < 1.29 is 14.5 Å². The van der Waals surface area contributed by atoms with Gasteiger partial charge in [-0.2, -0.15) is 0 Å². The maximum atomic E-state index is 11.0. The lowest BCUT2D eigenvalue weighted by atomic mass is 10.2. The average molecular weight is 357 g/mol. The molecule has 0 N–H and O–H groups in total. The first-order valence-corrected chi connectivity index (χ1v) is 6.54. The van der Waals surface area contributed by atoms with Crippen LogP contribution in [0.1, 0.15) is 10.4 Å². The fourth-order valence-corrected chi connectivity index (χ4v) is 2.18. The average Bonchev–Trinajstić information content (AvgIpc) is 2.40. The van der Waals surface area contributed by atoms with Gasteiger partial charge in [0, 0.05) is 15.6 Å². The molecule has 0 aromatic heterocycles. The second-order valence-electron chi connectivity index (χ2n) is 3.80. The van der Waals surface area contributed by atoms with Gasteiger partial charge in [-0.05, 0) is 24.3 Å². The summed E-state index contributed by atoms with van der Waals surface area (Å²) in [6, 6.07) is 8.74. The van der Waals surface area contributed by atoms with Crippen molar-refractivity contribution in [3.63, 3.8) is 0 Å². The van der Waals surface area contributed by atoms with Gasteiger partial charge in [0.2, 0.25) is 0 Å². The van der Waals surface area contributed by atoms with E-state index in [4.69, 9.17) is 16.3 Å². The molecular weight excluding hydrogens is 350 g/mol. The lowest BCUT2D eigenvalue weighted by molar-refractivity contribution is -0.385. The molecule has 0 atom stereocenters. The van der Waals surface area contributed by atoms with Gasteiger partial charge in [0.05, 0.1) is 16.6 Å². The molecule has 7 heteroatoms. The van der Waals surface area contributed by atoms with Gasteiger partial charge in [0.1, 0.15) is 11.5 Å². The van der Waals surface area contributed by atoms with Gasteiger partial charge in [-0.1, -0.05) is 27.5 Å². The first kappa shape index (κ1) is 14.5. The molecular formula is C13H7BrClNO4. The number of nitro groups is 1. The lowest BCUT2D eigenvalue weighted by Gasteiger charge is -2.08. The molecule has 20 heavy (non-hydrogen) atoms. The number of nitro benzene ring substituents is 1. The number of hydrogen-bond donors (Lipinski definition) is 0. The van der Waals surface area contributed by atoms with Crippen molar-refractivity contribution >= 4 is 39.5 Å². The summed E-state index contributed by atoms with van der Waals surface area (Å²) < 4.78 is 6.01. The Morgan fingerprint density at radius 1 is 1.25 bits per heavy atom. The van der Waals surface area contributed by atoms with Crippen LogP contribution in [0, 0.1) is 10.1 Å². The molecule has 0 radical (unpaired) electrons. The van der Waals surface area contributed by atoms with E-state index in [-0.39, 0.29) is 22.7 Å². The van der Waals surface area contributed by atoms with Crippen molar-refractivity contribution in [1.29, 1.82) is 0 Å². The molecule has 0 fully saturated rings. The summed E-state index contributed by atoms with van der Waals surface area (Å²) in [5.74, 6) is 0.522. The van der Waals surface area contributed by atoms with E-state index in [1.54, 1.807) is 12.1 Å². The third-order valence-corrected chi connectivity index (χ3v) is 3.09. The van der Waals surface area contributed by atoms with E-state index in [2.05, 4.69) is 15.9 Å². The Labute approximate surface area is 127 Å². The first-order chi connectivity index (χ1) is 9.49. The highest BCUT2D eigenvalue weighted by atomic mass is 79.9. The molecule has 0 aliphatic rings. The van der Waals surface area contributed by atoms with Gasteiger partial charge in [-0.3, -0.25) is 14.9 Å². The molecule has 2 aromatic rings. The highest BCUT2D eigenvalue weighted by Crippen LogP contribution is 2.31. The number of nitrogens with zero attached hydrogens (tertiary/aromatic N) is 1. The molecule has 2 rings (SSSR count). The Hall–Kier alpha value is -1.92. The summed E-state index contributed by atoms with van der Waals surface area (Å²) in [6.07, 6.45) is 0.605. The highest BCUT2D eigenvalue weighted by Gasteiger charge is 2.12. The Morgan fingerprint density at radius 2 is 2.00 bits per heavy atom. The summed E-state index contributed by atoms with van der Waals surface area (Å²) in [7, 11) is 0. The van der Waals surface area contributed by atoms with Crippen LogP contribution in [0.15, 0.2) is 40.9 Å². The zero-order chi connectivity index (χ0) is 14.7. The third-order valence-electron chi connectivity index (χ3n) is 2.39. The molecule has 2 aromatic carbocycles. The van der Waals surface area contributed by atoms with Gasteiger partial charge in [-0.15, -0.1) is 0 Å². The SMILES string of the molecule is O=Cc1cc(Cl)ccc1Oc1cc(Br)cc([N+](=O)[O-])c1. The van der Waals surface area contributed by atoms with Gasteiger partial charge in [0.15, 0.2) is 6.29 Å². The Kier molecular flexibility index (Phi) is 4.36. The minimum Gasteiger partial charge on any atom is -0.456 e. The zero-order valence-corrected chi connectivity index (χ0v) is 12.2. The third kappa shape index (κ3) is 3.34. The van der Waals surface area contributed by atoms with Crippen LogP contribution in [-0.2, 0) is 0 Å². The van der Waals surface area contributed by atoms with Crippen molar-refractivity contribution in [3.05, 3.63) is 61.6 Å². The Bertz CT molecular complexity index is 690. The highest BCUT2D eigenvalue weighted by molar-refractivity contribution is 9.10. The standard InChI is InChI=1S/C13H7BrClNO4/c14-9-4-11(16(18)19)6-12(5-9)20-13-2-1-10(15)3-8(13)7-17/h1-7H. The number of aldehydes is 1. The summed E-state index contributed by atoms with van der Waals surface area (Å²) >= 11 is 8.95. The minimum atomic E-state index is -0.528. The number of halogens is 2. The van der Waals surface area contributed by atoms with Crippen molar-refractivity contribution in [2.24, 2.45) is 0 Å². The van der Waals surface area contributed by atoms with E-state index >= 15 is 0 Å². The number of benzene rings is 2. The molecule has 0 heterocycles. The Morgan fingerprint density at radius 3 is 2.65 bits per heavy atom. The molecule has 0 amide bonds. The zero-order valence-electron chi connectivity index (χ0n) is 9.88. The largest absolute Gasteiger partial charge is 0.456 e. The number of ether oxygens (including phenoxy) is 1. The molecule has 0 aliphatic heterocycles. The predicted octanol–water partition coefficient (Wildman–Crippen LogP) is 4.62. The van der Waals surface area contributed by atoms with Crippen LogP contribution in [0.4, 0.5) is 5.69 Å². The van der Waals surface area contributed by atoms with Crippen LogP contribution in [-0.4, -0.2) is 11.2 Å². The quantitative estimate of drug-likeness (QED) is 0.455. The van der Waals surface area contributed by atoms with Crippen LogP contribution in [0.5, 0.6) is 11.5 Å². The van der Waals surface area contributed by atoms with E-state index in [0.29, 0.717) is 15.8 Å².